The van der Waals surface area contributed by atoms with Crippen LogP contribution in [0.1, 0.15) is 18.0 Å². The largest absolute Gasteiger partial charge is 0.316 e. The summed E-state index contributed by atoms with van der Waals surface area (Å²) in [6.45, 7) is 2.76. The van der Waals surface area contributed by atoms with Gasteiger partial charge in [0.05, 0.1) is 10.0 Å². The highest BCUT2D eigenvalue weighted by molar-refractivity contribution is 6.42. The van der Waals surface area contributed by atoms with Gasteiger partial charge in [0.15, 0.2) is 0 Å². The van der Waals surface area contributed by atoms with E-state index in [9.17, 15) is 4.79 Å². The molecule has 5 heteroatoms. The van der Waals surface area contributed by atoms with Crippen LogP contribution in [0.15, 0.2) is 35.1 Å². The zero-order valence-corrected chi connectivity index (χ0v) is 13.5. The summed E-state index contributed by atoms with van der Waals surface area (Å²) in [7, 11) is 0. The maximum absolute atomic E-state index is 12.9. The van der Waals surface area contributed by atoms with Gasteiger partial charge in [-0.2, -0.15) is 0 Å². The molecule has 0 spiro atoms. The number of benzene rings is 1. The van der Waals surface area contributed by atoms with Crippen LogP contribution in [0.25, 0.3) is 11.1 Å². The van der Waals surface area contributed by atoms with Crippen LogP contribution in [-0.4, -0.2) is 17.7 Å². The number of nitrogens with zero attached hydrogens (tertiary/aromatic N) is 1. The van der Waals surface area contributed by atoms with Gasteiger partial charge in [-0.3, -0.25) is 4.79 Å². The van der Waals surface area contributed by atoms with Gasteiger partial charge in [0, 0.05) is 30.3 Å². The standard InChI is InChI=1S/C17H16Cl2N2O/c18-14-3-1-11(6-15(14)19)13-2-4-16-12-5-10(7-20-8-12)9-21(16)17(13)22/h1-4,6,10,12,20H,5,7-9H2. The van der Waals surface area contributed by atoms with Crippen LogP contribution in [0, 0.1) is 5.92 Å². The molecule has 0 aliphatic carbocycles. The van der Waals surface area contributed by atoms with Crippen LogP contribution < -0.4 is 10.9 Å². The smallest absolute Gasteiger partial charge is 0.258 e. The minimum atomic E-state index is 0.0764. The number of fused-ring (bicyclic) bond motifs is 4. The third-order valence-corrected chi connectivity index (χ3v) is 5.48. The molecule has 0 amide bonds. The Kier molecular flexibility index (Phi) is 3.52. The molecule has 1 aromatic carbocycles. The molecule has 3 heterocycles. The molecule has 2 aliphatic heterocycles. The van der Waals surface area contributed by atoms with Gasteiger partial charge < -0.3 is 9.88 Å². The molecule has 0 radical (unpaired) electrons. The summed E-state index contributed by atoms with van der Waals surface area (Å²) in [5, 5.41) is 4.44. The summed E-state index contributed by atoms with van der Waals surface area (Å²) in [6.07, 6.45) is 1.18. The fourth-order valence-electron chi connectivity index (χ4n) is 3.67. The van der Waals surface area contributed by atoms with E-state index < -0.39 is 0 Å². The van der Waals surface area contributed by atoms with Crippen molar-refractivity contribution in [2.45, 2.75) is 18.9 Å². The van der Waals surface area contributed by atoms with E-state index in [1.807, 2.05) is 16.7 Å². The van der Waals surface area contributed by atoms with Crippen molar-refractivity contribution in [3.63, 3.8) is 0 Å². The quantitative estimate of drug-likeness (QED) is 0.865. The molecule has 1 saturated heterocycles. The van der Waals surface area contributed by atoms with Gasteiger partial charge in [0.25, 0.3) is 5.56 Å². The van der Waals surface area contributed by atoms with E-state index in [0.717, 1.165) is 30.9 Å². The van der Waals surface area contributed by atoms with E-state index in [1.54, 1.807) is 12.1 Å². The minimum absolute atomic E-state index is 0.0764. The normalized spacial score (nSPS) is 23.2. The number of halogens is 2. The Morgan fingerprint density at radius 2 is 1.95 bits per heavy atom. The lowest BCUT2D eigenvalue weighted by molar-refractivity contribution is 0.257. The molecule has 22 heavy (non-hydrogen) atoms. The lowest BCUT2D eigenvalue weighted by atomic mass is 9.84. The number of pyridine rings is 1. The summed E-state index contributed by atoms with van der Waals surface area (Å²) in [6, 6.07) is 9.36. The van der Waals surface area contributed by atoms with Gasteiger partial charge in [0.2, 0.25) is 0 Å². The molecule has 1 fully saturated rings. The van der Waals surface area contributed by atoms with Crippen molar-refractivity contribution in [2.24, 2.45) is 5.92 Å². The molecule has 0 saturated carbocycles. The molecule has 2 bridgehead atoms. The van der Waals surface area contributed by atoms with Crippen molar-refractivity contribution < 1.29 is 0 Å². The number of hydrogen-bond donors (Lipinski definition) is 1. The van der Waals surface area contributed by atoms with Crippen molar-refractivity contribution in [1.29, 1.82) is 0 Å². The van der Waals surface area contributed by atoms with Crippen LogP contribution in [0.5, 0.6) is 0 Å². The minimum Gasteiger partial charge on any atom is -0.316 e. The second-order valence-electron chi connectivity index (χ2n) is 6.17. The molecule has 3 nitrogen and oxygen atoms in total. The van der Waals surface area contributed by atoms with E-state index in [1.165, 1.54) is 6.42 Å². The molecule has 2 aliphatic rings. The first-order valence-electron chi connectivity index (χ1n) is 7.53. The first kappa shape index (κ1) is 14.3. The summed E-state index contributed by atoms with van der Waals surface area (Å²) in [5.74, 6) is 0.996. The van der Waals surface area contributed by atoms with E-state index in [-0.39, 0.29) is 5.56 Å². The van der Waals surface area contributed by atoms with Crippen molar-refractivity contribution in [3.8, 4) is 11.1 Å². The Bertz CT molecular complexity index is 800. The lowest BCUT2D eigenvalue weighted by Gasteiger charge is -2.37. The maximum Gasteiger partial charge on any atom is 0.258 e. The van der Waals surface area contributed by atoms with Crippen LogP contribution in [-0.2, 0) is 6.54 Å². The molecule has 2 unspecified atom stereocenters. The predicted molar refractivity (Wildman–Crippen MR) is 89.9 cm³/mol. The first-order valence-corrected chi connectivity index (χ1v) is 8.29. The van der Waals surface area contributed by atoms with Crippen LogP contribution in [0.4, 0.5) is 0 Å². The van der Waals surface area contributed by atoms with Gasteiger partial charge in [-0.1, -0.05) is 29.3 Å². The summed E-state index contributed by atoms with van der Waals surface area (Å²) < 4.78 is 1.96. The fraction of sp³-hybridized carbons (Fsp3) is 0.353. The predicted octanol–water partition coefficient (Wildman–Crippen LogP) is 3.53. The third kappa shape index (κ3) is 2.28. The second kappa shape index (κ2) is 5.41. The summed E-state index contributed by atoms with van der Waals surface area (Å²) >= 11 is 12.1. The lowest BCUT2D eigenvalue weighted by Crippen LogP contribution is -2.45. The highest BCUT2D eigenvalue weighted by atomic mass is 35.5. The zero-order chi connectivity index (χ0) is 15.3. The van der Waals surface area contributed by atoms with Crippen molar-refractivity contribution >= 4 is 23.2 Å². The summed E-state index contributed by atoms with van der Waals surface area (Å²) in [4.78, 5) is 12.9. The number of rotatable bonds is 1. The Balaban J connectivity index is 1.84. The first-order chi connectivity index (χ1) is 10.6. The van der Waals surface area contributed by atoms with E-state index >= 15 is 0 Å². The number of piperidine rings is 1. The Hall–Kier alpha value is -1.29. The number of hydrogen-bond acceptors (Lipinski definition) is 2. The number of nitrogens with one attached hydrogen (secondary N) is 1. The zero-order valence-electron chi connectivity index (χ0n) is 12.0. The topological polar surface area (TPSA) is 34.0 Å². The molecule has 114 valence electrons. The van der Waals surface area contributed by atoms with E-state index in [2.05, 4.69) is 11.4 Å². The van der Waals surface area contributed by atoms with Crippen molar-refractivity contribution in [3.05, 3.63) is 56.4 Å². The van der Waals surface area contributed by atoms with Gasteiger partial charge >= 0.3 is 0 Å². The van der Waals surface area contributed by atoms with Gasteiger partial charge in [-0.25, -0.2) is 0 Å². The molecule has 4 rings (SSSR count). The van der Waals surface area contributed by atoms with Gasteiger partial charge in [-0.15, -0.1) is 0 Å². The number of aromatic nitrogens is 1. The van der Waals surface area contributed by atoms with Crippen LogP contribution in [0.2, 0.25) is 10.0 Å². The van der Waals surface area contributed by atoms with E-state index in [4.69, 9.17) is 23.2 Å². The molecular weight excluding hydrogens is 319 g/mol. The Labute approximate surface area is 138 Å². The SMILES string of the molecule is O=c1c(-c2ccc(Cl)c(Cl)c2)ccc2n1CC1CNCC2C1. The van der Waals surface area contributed by atoms with Crippen molar-refractivity contribution in [1.82, 2.24) is 9.88 Å². The third-order valence-electron chi connectivity index (χ3n) is 4.74. The maximum atomic E-state index is 12.9. The Morgan fingerprint density at radius 1 is 1.09 bits per heavy atom. The average molecular weight is 335 g/mol. The molecule has 2 aromatic rings. The average Bonchev–Trinajstić information content (AvgIpc) is 2.52. The molecule has 1 aromatic heterocycles. The van der Waals surface area contributed by atoms with Crippen LogP contribution in [0.3, 0.4) is 0 Å². The fourth-order valence-corrected chi connectivity index (χ4v) is 3.97. The van der Waals surface area contributed by atoms with Crippen LogP contribution >= 0.6 is 23.2 Å². The van der Waals surface area contributed by atoms with E-state index in [0.29, 0.717) is 27.4 Å². The Morgan fingerprint density at radius 3 is 2.77 bits per heavy atom. The molecule has 2 atom stereocenters. The van der Waals surface area contributed by atoms with Crippen molar-refractivity contribution in [2.75, 3.05) is 13.1 Å². The summed E-state index contributed by atoms with van der Waals surface area (Å²) in [5.41, 5.74) is 2.74. The molecule has 1 N–H and O–H groups in total. The highest BCUT2D eigenvalue weighted by Gasteiger charge is 2.31. The monoisotopic (exact) mass is 334 g/mol. The van der Waals surface area contributed by atoms with Gasteiger partial charge in [0.1, 0.15) is 0 Å². The highest BCUT2D eigenvalue weighted by Crippen LogP contribution is 2.33. The second-order valence-corrected chi connectivity index (χ2v) is 6.99. The molecular formula is C17H16Cl2N2O. The van der Waals surface area contributed by atoms with Gasteiger partial charge in [-0.05, 0) is 48.7 Å².